The Morgan fingerprint density at radius 2 is 1.09 bits per heavy atom. The van der Waals surface area contributed by atoms with Gasteiger partial charge in [0.2, 0.25) is 0 Å². The Labute approximate surface area is 163 Å². The quantitative estimate of drug-likeness (QED) is 0.189. The van der Waals surface area contributed by atoms with Crippen molar-refractivity contribution < 1.29 is 48.7 Å². The van der Waals surface area contributed by atoms with Gasteiger partial charge >= 0.3 is 0 Å². The molecule has 0 heterocycles. The van der Waals surface area contributed by atoms with Crippen molar-refractivity contribution in [2.24, 2.45) is 0 Å². The molecule has 0 aliphatic heterocycles. The Balaban J connectivity index is -0.00000200. The van der Waals surface area contributed by atoms with Gasteiger partial charge in [0, 0.05) is 0 Å². The van der Waals surface area contributed by atoms with E-state index < -0.39 is 12.2 Å². The van der Waals surface area contributed by atoms with Crippen molar-refractivity contribution in [3.05, 3.63) is 0 Å². The molecular weight excluding hydrogens is 386 g/mol. The average Bonchev–Trinajstić information content (AvgIpc) is 2.36. The minimum Gasteiger partial charge on any atom is -1.00 e. The Morgan fingerprint density at radius 3 is 1.35 bits per heavy atom. The molecule has 0 bridgehead atoms. The summed E-state index contributed by atoms with van der Waals surface area (Å²) in [5.41, 5.74) is 0. The van der Waals surface area contributed by atoms with E-state index in [1.807, 2.05) is 0 Å². The molecule has 144 valence electrons. The lowest BCUT2D eigenvalue weighted by molar-refractivity contribution is -0.896. The monoisotopic (exact) mass is 416 g/mol. The highest BCUT2D eigenvalue weighted by Crippen LogP contribution is 2.03. The SMILES string of the molecule is C[N+](C)(CCOCC[N+](C)(C)CC(O)CCl)CC(O)CCl.[Cl-].[Cl-]. The van der Waals surface area contributed by atoms with Gasteiger partial charge in [-0.05, 0) is 0 Å². The maximum atomic E-state index is 9.58. The van der Waals surface area contributed by atoms with Crippen molar-refractivity contribution in [3.8, 4) is 0 Å². The van der Waals surface area contributed by atoms with E-state index in [-0.39, 0.29) is 36.6 Å². The number of likely N-dealkylation sites (N-methyl/N-ethyl adjacent to an activating group) is 2. The topological polar surface area (TPSA) is 49.7 Å². The van der Waals surface area contributed by atoms with Crippen LogP contribution in [0.1, 0.15) is 0 Å². The van der Waals surface area contributed by atoms with Gasteiger partial charge in [-0.15, -0.1) is 23.2 Å². The van der Waals surface area contributed by atoms with Crippen LogP contribution in [0.15, 0.2) is 0 Å². The van der Waals surface area contributed by atoms with Crippen molar-refractivity contribution in [2.45, 2.75) is 12.2 Å². The van der Waals surface area contributed by atoms with Crippen LogP contribution in [0.5, 0.6) is 0 Å². The fourth-order valence-electron chi connectivity index (χ4n) is 2.15. The summed E-state index contributed by atoms with van der Waals surface area (Å²) in [5.74, 6) is 0.522. The Bertz CT molecular complexity index is 259. The van der Waals surface area contributed by atoms with Gasteiger partial charge in [0.25, 0.3) is 0 Å². The molecular formula is C14H32Cl4N2O3. The molecule has 0 radical (unpaired) electrons. The molecule has 5 nitrogen and oxygen atoms in total. The van der Waals surface area contributed by atoms with Crippen molar-refractivity contribution in [3.63, 3.8) is 0 Å². The molecule has 0 fully saturated rings. The zero-order valence-corrected chi connectivity index (χ0v) is 17.5. The summed E-state index contributed by atoms with van der Waals surface area (Å²) < 4.78 is 7.03. The van der Waals surface area contributed by atoms with Crippen LogP contribution in [0.3, 0.4) is 0 Å². The summed E-state index contributed by atoms with van der Waals surface area (Å²) in [6.07, 6.45) is -0.955. The molecule has 0 aromatic carbocycles. The van der Waals surface area contributed by atoms with E-state index in [9.17, 15) is 10.2 Å². The smallest absolute Gasteiger partial charge is 0.116 e. The van der Waals surface area contributed by atoms with Crippen LogP contribution >= 0.6 is 23.2 Å². The fourth-order valence-corrected chi connectivity index (χ4v) is 2.34. The molecule has 0 rings (SSSR count). The van der Waals surface area contributed by atoms with Gasteiger partial charge in [-0.25, -0.2) is 0 Å². The lowest BCUT2D eigenvalue weighted by atomic mass is 10.3. The maximum absolute atomic E-state index is 9.58. The highest BCUT2D eigenvalue weighted by Gasteiger charge is 2.21. The molecule has 0 aromatic rings. The minimum absolute atomic E-state index is 0. The van der Waals surface area contributed by atoms with Crippen LogP contribution in [0.25, 0.3) is 0 Å². The first-order valence-corrected chi connectivity index (χ1v) is 8.38. The van der Waals surface area contributed by atoms with Crippen molar-refractivity contribution >= 4 is 23.2 Å². The van der Waals surface area contributed by atoms with Crippen LogP contribution in [-0.4, -0.2) is 111 Å². The molecule has 0 aliphatic rings. The standard InChI is InChI=1S/C14H32Cl2N2O3.2ClH/c1-17(2,11-13(19)9-15)5-7-21-8-6-18(3,4)12-14(20)10-16;;/h13-14,19-20H,5-12H2,1-4H3;2*1H/q+2;;/p-2. The van der Waals surface area contributed by atoms with Gasteiger partial charge < -0.3 is 48.7 Å². The summed E-state index contributed by atoms with van der Waals surface area (Å²) in [6, 6.07) is 0. The molecule has 0 aromatic heterocycles. The summed E-state index contributed by atoms with van der Waals surface area (Å²) in [4.78, 5) is 0. The molecule has 0 saturated carbocycles. The van der Waals surface area contributed by atoms with Gasteiger partial charge in [-0.1, -0.05) is 0 Å². The number of aliphatic hydroxyl groups excluding tert-OH is 2. The molecule has 9 heteroatoms. The average molecular weight is 418 g/mol. The zero-order chi connectivity index (χ0) is 16.5. The van der Waals surface area contributed by atoms with E-state index in [1.165, 1.54) is 0 Å². The third kappa shape index (κ3) is 16.2. The first-order chi connectivity index (χ1) is 9.62. The van der Waals surface area contributed by atoms with Crippen LogP contribution in [-0.2, 0) is 4.74 Å². The van der Waals surface area contributed by atoms with Crippen molar-refractivity contribution in [2.75, 3.05) is 79.3 Å². The second-order valence-corrected chi connectivity index (χ2v) is 7.53. The third-order valence-corrected chi connectivity index (χ3v) is 4.16. The third-order valence-electron chi connectivity index (χ3n) is 3.45. The number of ether oxygens (including phenoxy) is 1. The molecule has 2 atom stereocenters. The number of nitrogens with zero attached hydrogens (tertiary/aromatic N) is 2. The number of quaternary nitrogens is 2. The molecule has 0 saturated heterocycles. The van der Waals surface area contributed by atoms with E-state index >= 15 is 0 Å². The molecule has 23 heavy (non-hydrogen) atoms. The van der Waals surface area contributed by atoms with Gasteiger partial charge in [0.15, 0.2) is 0 Å². The lowest BCUT2D eigenvalue weighted by Crippen LogP contribution is -3.00. The first-order valence-electron chi connectivity index (χ1n) is 7.32. The predicted octanol–water partition coefficient (Wildman–Crippen LogP) is -5.64. The second kappa shape index (κ2) is 14.2. The van der Waals surface area contributed by atoms with Gasteiger partial charge in [-0.3, -0.25) is 0 Å². The van der Waals surface area contributed by atoms with Crippen LogP contribution in [0.2, 0.25) is 0 Å². The number of rotatable bonds is 12. The van der Waals surface area contributed by atoms with Crippen LogP contribution < -0.4 is 24.8 Å². The van der Waals surface area contributed by atoms with Gasteiger partial charge in [0.05, 0.1) is 53.2 Å². The molecule has 2 unspecified atom stereocenters. The summed E-state index contributed by atoms with van der Waals surface area (Å²) in [5, 5.41) is 19.2. The second-order valence-electron chi connectivity index (χ2n) is 6.91. The molecule has 0 amide bonds. The minimum atomic E-state index is -0.477. The largest absolute Gasteiger partial charge is 1.00 e. The van der Waals surface area contributed by atoms with E-state index in [2.05, 4.69) is 28.2 Å². The predicted molar refractivity (Wildman–Crippen MR) is 88.0 cm³/mol. The lowest BCUT2D eigenvalue weighted by Gasteiger charge is -2.32. The maximum Gasteiger partial charge on any atom is 0.116 e. The number of alkyl halides is 2. The molecule has 2 N–H and O–H groups in total. The highest BCUT2D eigenvalue weighted by molar-refractivity contribution is 6.18. The summed E-state index contributed by atoms with van der Waals surface area (Å²) >= 11 is 11.2. The van der Waals surface area contributed by atoms with Gasteiger partial charge in [-0.2, -0.15) is 0 Å². The number of halogens is 4. The number of hydrogen-bond acceptors (Lipinski definition) is 3. The first kappa shape index (κ1) is 28.8. The molecule has 0 aliphatic carbocycles. The van der Waals surface area contributed by atoms with Crippen molar-refractivity contribution in [1.29, 1.82) is 0 Å². The number of aliphatic hydroxyl groups is 2. The Morgan fingerprint density at radius 1 is 0.783 bits per heavy atom. The zero-order valence-electron chi connectivity index (χ0n) is 14.5. The Hall–Kier alpha value is 0.960. The summed E-state index contributed by atoms with van der Waals surface area (Å²) in [6.45, 7) is 4.17. The fraction of sp³-hybridized carbons (Fsp3) is 1.00. The highest BCUT2D eigenvalue weighted by atomic mass is 35.5. The number of hydrogen-bond donors (Lipinski definition) is 2. The molecule has 0 spiro atoms. The van der Waals surface area contributed by atoms with Gasteiger partial charge in [0.1, 0.15) is 38.4 Å². The Kier molecular flexibility index (Phi) is 17.7. The van der Waals surface area contributed by atoms with E-state index in [0.717, 1.165) is 13.1 Å². The summed E-state index contributed by atoms with van der Waals surface area (Å²) in [7, 11) is 8.21. The van der Waals surface area contributed by atoms with Crippen LogP contribution in [0, 0.1) is 0 Å². The van der Waals surface area contributed by atoms with Crippen molar-refractivity contribution in [1.82, 2.24) is 0 Å². The van der Waals surface area contributed by atoms with E-state index in [0.29, 0.717) is 35.3 Å². The normalized spacial score (nSPS) is 14.6. The van der Waals surface area contributed by atoms with E-state index in [4.69, 9.17) is 27.9 Å². The van der Waals surface area contributed by atoms with Crippen LogP contribution in [0.4, 0.5) is 0 Å². The van der Waals surface area contributed by atoms with E-state index in [1.54, 1.807) is 0 Å².